The second kappa shape index (κ2) is 2.76. The average molecular weight is 160 g/mol. The molecule has 11 heavy (non-hydrogen) atoms. The molecule has 0 aromatic rings. The largest absolute Gasteiger partial charge is 0.412 e. The number of hydrogen-bond donors (Lipinski definition) is 0. The van der Waals surface area contributed by atoms with Crippen LogP contribution >= 0.6 is 0 Å². The molecule has 0 radical (unpaired) electrons. The molecule has 0 atom stereocenters. The summed E-state index contributed by atoms with van der Waals surface area (Å²) in [4.78, 5) is 0. The molecule has 4 heteroatoms. The molecule has 0 bridgehead atoms. The Kier molecular flexibility index (Phi) is 2.11. The zero-order valence-electron chi connectivity index (χ0n) is 6.20. The van der Waals surface area contributed by atoms with Gasteiger partial charge in [-0.15, -0.1) is 5.47 Å². The highest BCUT2D eigenvalue weighted by Gasteiger charge is 2.33. The minimum Gasteiger partial charge on any atom is -0.166 e. The van der Waals surface area contributed by atoms with Gasteiger partial charge in [0.1, 0.15) is 7.85 Å². The van der Waals surface area contributed by atoms with Gasteiger partial charge in [0, 0.05) is 5.57 Å². The highest BCUT2D eigenvalue weighted by Crippen LogP contribution is 2.31. The standard InChI is InChI=1S/C7H8BF3/c8-6-3-1-5(2-4-6)7(9,10)11/h1,3H,2,4,8H2. The highest BCUT2D eigenvalue weighted by atomic mass is 19.4. The Balaban J connectivity index is 2.77. The summed E-state index contributed by atoms with van der Waals surface area (Å²) in [5.74, 6) is 0. The average Bonchev–Trinajstić information content (AvgIpc) is 1.86. The van der Waals surface area contributed by atoms with Crippen LogP contribution in [0.25, 0.3) is 0 Å². The molecule has 0 aliphatic heterocycles. The Morgan fingerprint density at radius 3 is 2.18 bits per heavy atom. The third-order valence-corrected chi connectivity index (χ3v) is 1.72. The van der Waals surface area contributed by atoms with Gasteiger partial charge in [0.2, 0.25) is 0 Å². The van der Waals surface area contributed by atoms with Gasteiger partial charge in [-0.05, 0) is 12.8 Å². The van der Waals surface area contributed by atoms with Crippen LogP contribution in [0.4, 0.5) is 13.2 Å². The van der Waals surface area contributed by atoms with Crippen LogP contribution in [0.15, 0.2) is 23.2 Å². The van der Waals surface area contributed by atoms with Crippen molar-refractivity contribution in [3.63, 3.8) is 0 Å². The van der Waals surface area contributed by atoms with Crippen LogP contribution < -0.4 is 0 Å². The van der Waals surface area contributed by atoms with Gasteiger partial charge in [0.15, 0.2) is 0 Å². The lowest BCUT2D eigenvalue weighted by Gasteiger charge is -2.14. The molecule has 1 aliphatic carbocycles. The minimum absolute atomic E-state index is 0.131. The Hall–Kier alpha value is -0.665. The van der Waals surface area contributed by atoms with E-state index >= 15 is 0 Å². The van der Waals surface area contributed by atoms with E-state index in [4.69, 9.17) is 0 Å². The molecule has 0 fully saturated rings. The van der Waals surface area contributed by atoms with Gasteiger partial charge in [0.05, 0.1) is 0 Å². The number of hydrogen-bond acceptors (Lipinski definition) is 0. The summed E-state index contributed by atoms with van der Waals surface area (Å²) >= 11 is 0. The van der Waals surface area contributed by atoms with Gasteiger partial charge in [-0.1, -0.05) is 12.2 Å². The fourth-order valence-corrected chi connectivity index (χ4v) is 0.978. The van der Waals surface area contributed by atoms with Gasteiger partial charge in [-0.2, -0.15) is 13.2 Å². The third kappa shape index (κ3) is 2.14. The van der Waals surface area contributed by atoms with E-state index in [0.29, 0.717) is 6.42 Å². The zero-order chi connectivity index (χ0) is 8.48. The topological polar surface area (TPSA) is 0 Å². The quantitative estimate of drug-likeness (QED) is 0.473. The summed E-state index contributed by atoms with van der Waals surface area (Å²) in [6.07, 6.45) is -0.764. The smallest absolute Gasteiger partial charge is 0.166 e. The van der Waals surface area contributed by atoms with Crippen molar-refractivity contribution < 1.29 is 13.2 Å². The molecule has 60 valence electrons. The third-order valence-electron chi connectivity index (χ3n) is 1.72. The molecule has 0 heterocycles. The second-order valence-electron chi connectivity index (χ2n) is 2.70. The summed E-state index contributed by atoms with van der Waals surface area (Å²) in [6, 6.07) is 0. The first-order valence-electron chi connectivity index (χ1n) is 3.43. The predicted molar refractivity (Wildman–Crippen MR) is 40.0 cm³/mol. The Morgan fingerprint density at radius 2 is 1.82 bits per heavy atom. The minimum atomic E-state index is -4.13. The molecular formula is C7H8BF3. The number of allylic oxidation sites excluding steroid dienone is 4. The van der Waals surface area contributed by atoms with E-state index in [1.165, 1.54) is 12.2 Å². The van der Waals surface area contributed by atoms with Crippen molar-refractivity contribution in [2.75, 3.05) is 0 Å². The van der Waals surface area contributed by atoms with Gasteiger partial charge in [-0.25, -0.2) is 0 Å². The molecular weight excluding hydrogens is 152 g/mol. The highest BCUT2D eigenvalue weighted by molar-refractivity contribution is 6.21. The van der Waals surface area contributed by atoms with Crippen LogP contribution in [0, 0.1) is 0 Å². The Morgan fingerprint density at radius 1 is 1.18 bits per heavy atom. The van der Waals surface area contributed by atoms with Crippen LogP contribution in [0.2, 0.25) is 0 Å². The maximum absolute atomic E-state index is 12.0. The number of alkyl halides is 3. The van der Waals surface area contributed by atoms with E-state index < -0.39 is 11.7 Å². The second-order valence-corrected chi connectivity index (χ2v) is 2.70. The van der Waals surface area contributed by atoms with E-state index in [1.807, 2.05) is 7.85 Å². The van der Waals surface area contributed by atoms with Crippen LogP contribution in [0.3, 0.4) is 0 Å². The van der Waals surface area contributed by atoms with Gasteiger partial charge < -0.3 is 0 Å². The molecule has 0 amide bonds. The monoisotopic (exact) mass is 160 g/mol. The zero-order valence-corrected chi connectivity index (χ0v) is 6.20. The Bertz CT molecular complexity index is 212. The molecule has 0 nitrogen and oxygen atoms in total. The molecule has 0 saturated carbocycles. The van der Waals surface area contributed by atoms with Crippen molar-refractivity contribution in [1.29, 1.82) is 0 Å². The molecule has 0 N–H and O–H groups in total. The molecule has 0 aromatic carbocycles. The summed E-state index contributed by atoms with van der Waals surface area (Å²) in [5.41, 5.74) is 0.598. The van der Waals surface area contributed by atoms with Gasteiger partial charge >= 0.3 is 6.18 Å². The van der Waals surface area contributed by atoms with Crippen molar-refractivity contribution in [2.45, 2.75) is 19.0 Å². The van der Waals surface area contributed by atoms with Gasteiger partial charge in [0.25, 0.3) is 0 Å². The number of halogens is 3. The number of rotatable bonds is 0. The van der Waals surface area contributed by atoms with E-state index in [1.54, 1.807) is 0 Å². The van der Waals surface area contributed by atoms with Crippen molar-refractivity contribution in [3.8, 4) is 0 Å². The normalized spacial score (nSPS) is 19.2. The maximum Gasteiger partial charge on any atom is 0.412 e. The first-order valence-corrected chi connectivity index (χ1v) is 3.43. The lowest BCUT2D eigenvalue weighted by molar-refractivity contribution is -0.0940. The van der Waals surface area contributed by atoms with E-state index in [9.17, 15) is 13.2 Å². The Labute approximate surface area is 64.2 Å². The van der Waals surface area contributed by atoms with Crippen molar-refractivity contribution in [2.24, 2.45) is 0 Å². The van der Waals surface area contributed by atoms with E-state index in [0.717, 1.165) is 5.47 Å². The van der Waals surface area contributed by atoms with Crippen molar-refractivity contribution >= 4 is 7.85 Å². The fourth-order valence-electron chi connectivity index (χ4n) is 0.978. The van der Waals surface area contributed by atoms with Gasteiger partial charge in [-0.3, -0.25) is 0 Å². The van der Waals surface area contributed by atoms with Crippen LogP contribution in [-0.2, 0) is 0 Å². The molecule has 1 rings (SSSR count). The maximum atomic E-state index is 12.0. The molecule has 0 spiro atoms. The SMILES string of the molecule is BC1=CC=C(C(F)(F)F)CC1. The van der Waals surface area contributed by atoms with Crippen molar-refractivity contribution in [3.05, 3.63) is 23.2 Å². The van der Waals surface area contributed by atoms with E-state index in [2.05, 4.69) is 0 Å². The van der Waals surface area contributed by atoms with Crippen LogP contribution in [0.5, 0.6) is 0 Å². The van der Waals surface area contributed by atoms with E-state index in [-0.39, 0.29) is 6.42 Å². The first-order chi connectivity index (χ1) is 5.00. The summed E-state index contributed by atoms with van der Waals surface area (Å²) in [6.45, 7) is 0. The summed E-state index contributed by atoms with van der Waals surface area (Å²) in [7, 11) is 1.84. The molecule has 0 aromatic heterocycles. The van der Waals surface area contributed by atoms with Crippen LogP contribution in [-0.4, -0.2) is 14.0 Å². The first kappa shape index (κ1) is 8.43. The molecule has 1 aliphatic rings. The lowest BCUT2D eigenvalue weighted by Crippen LogP contribution is -2.13. The summed E-state index contributed by atoms with van der Waals surface area (Å²) < 4.78 is 35.9. The predicted octanol–water partition coefficient (Wildman–Crippen LogP) is 1.79. The van der Waals surface area contributed by atoms with Crippen molar-refractivity contribution in [1.82, 2.24) is 0 Å². The lowest BCUT2D eigenvalue weighted by atomic mass is 9.85. The molecule has 0 unspecified atom stereocenters. The van der Waals surface area contributed by atoms with Crippen LogP contribution in [0.1, 0.15) is 12.8 Å². The summed E-state index contributed by atoms with van der Waals surface area (Å²) in [5, 5.41) is 0. The fraction of sp³-hybridized carbons (Fsp3) is 0.429. The molecule has 0 saturated heterocycles.